The highest BCUT2D eigenvalue weighted by Crippen LogP contribution is 2.31. The summed E-state index contributed by atoms with van der Waals surface area (Å²) in [5.41, 5.74) is 1.08. The zero-order chi connectivity index (χ0) is 18.8. The van der Waals surface area contributed by atoms with Crippen LogP contribution in [0.3, 0.4) is 0 Å². The van der Waals surface area contributed by atoms with Crippen LogP contribution in [0.25, 0.3) is 21.1 Å². The van der Waals surface area contributed by atoms with Gasteiger partial charge in [0, 0.05) is 12.3 Å². The Morgan fingerprint density at radius 1 is 1.19 bits per heavy atom. The minimum Gasteiger partial charge on any atom is -0.481 e. The van der Waals surface area contributed by atoms with Gasteiger partial charge in [-0.15, -0.1) is 0 Å². The molecular weight excluding hydrogens is 368 g/mol. The minimum absolute atomic E-state index is 0.0654. The van der Waals surface area contributed by atoms with Crippen molar-refractivity contribution in [2.45, 2.75) is 0 Å². The molecule has 2 aromatic heterocycles. The van der Waals surface area contributed by atoms with Gasteiger partial charge in [-0.05, 0) is 30.3 Å². The van der Waals surface area contributed by atoms with Crippen LogP contribution in [0.5, 0.6) is 5.75 Å². The molecule has 9 heteroatoms. The molecule has 134 valence electrons. The molecule has 4 rings (SSSR count). The van der Waals surface area contributed by atoms with Gasteiger partial charge < -0.3 is 4.74 Å². The minimum atomic E-state index is -0.479. The molecule has 1 amide bonds. The van der Waals surface area contributed by atoms with Crippen LogP contribution in [-0.2, 0) is 4.79 Å². The average molecular weight is 380 g/mol. The van der Waals surface area contributed by atoms with Crippen LogP contribution >= 0.6 is 11.3 Å². The predicted molar refractivity (Wildman–Crippen MR) is 102 cm³/mol. The van der Waals surface area contributed by atoms with Crippen LogP contribution in [0, 0.1) is 10.1 Å². The van der Waals surface area contributed by atoms with E-state index in [1.807, 2.05) is 24.3 Å². The Morgan fingerprint density at radius 3 is 2.85 bits per heavy atom. The quantitative estimate of drug-likeness (QED) is 0.417. The molecule has 0 radical (unpaired) electrons. The third kappa shape index (κ3) is 3.40. The Bertz CT molecular complexity index is 1140. The number of hydrogen-bond acceptors (Lipinski definition) is 7. The first-order valence-electron chi connectivity index (χ1n) is 7.92. The number of pyridine rings is 1. The van der Waals surface area contributed by atoms with E-state index in [1.165, 1.54) is 29.7 Å². The fourth-order valence-electron chi connectivity index (χ4n) is 2.63. The molecule has 2 heterocycles. The molecule has 8 nitrogen and oxygen atoms in total. The second kappa shape index (κ2) is 6.96. The van der Waals surface area contributed by atoms with E-state index in [9.17, 15) is 14.9 Å². The van der Waals surface area contributed by atoms with Crippen LogP contribution in [0.4, 0.5) is 10.8 Å². The van der Waals surface area contributed by atoms with E-state index in [2.05, 4.69) is 15.3 Å². The van der Waals surface area contributed by atoms with Crippen molar-refractivity contribution in [2.75, 3.05) is 11.9 Å². The zero-order valence-electron chi connectivity index (χ0n) is 13.8. The van der Waals surface area contributed by atoms with Gasteiger partial charge in [-0.2, -0.15) is 0 Å². The van der Waals surface area contributed by atoms with Crippen LogP contribution in [0.1, 0.15) is 0 Å². The summed E-state index contributed by atoms with van der Waals surface area (Å²) in [6.07, 6.45) is 1.51. The van der Waals surface area contributed by atoms with Gasteiger partial charge in [-0.1, -0.05) is 23.5 Å². The topological polar surface area (TPSA) is 107 Å². The summed E-state index contributed by atoms with van der Waals surface area (Å²) in [5.74, 6) is -0.0767. The number of nitrogens with zero attached hydrogens (tertiary/aromatic N) is 3. The van der Waals surface area contributed by atoms with E-state index < -0.39 is 4.92 Å². The lowest BCUT2D eigenvalue weighted by Crippen LogP contribution is -2.20. The third-order valence-corrected chi connectivity index (χ3v) is 4.76. The lowest BCUT2D eigenvalue weighted by molar-refractivity contribution is -0.383. The molecule has 0 aliphatic rings. The molecule has 0 spiro atoms. The number of aromatic nitrogens is 2. The Kier molecular flexibility index (Phi) is 4.35. The van der Waals surface area contributed by atoms with E-state index in [1.54, 1.807) is 12.1 Å². The SMILES string of the molecule is O=C(COc1ccc([N+](=O)[O-])c2cccnc12)Nc1nc2ccccc2s1. The van der Waals surface area contributed by atoms with Gasteiger partial charge in [0.25, 0.3) is 11.6 Å². The highest BCUT2D eigenvalue weighted by atomic mass is 32.1. The first kappa shape index (κ1) is 16.9. The summed E-state index contributed by atoms with van der Waals surface area (Å²) in [6, 6.07) is 13.6. The summed E-state index contributed by atoms with van der Waals surface area (Å²) in [5, 5.41) is 14.7. The summed E-state index contributed by atoms with van der Waals surface area (Å²) in [7, 11) is 0. The fraction of sp³-hybridized carbons (Fsp3) is 0.0556. The van der Waals surface area contributed by atoms with Crippen molar-refractivity contribution in [2.24, 2.45) is 0 Å². The first-order chi connectivity index (χ1) is 13.1. The lowest BCUT2D eigenvalue weighted by atomic mass is 10.1. The van der Waals surface area contributed by atoms with Crippen molar-refractivity contribution in [1.29, 1.82) is 0 Å². The van der Waals surface area contributed by atoms with Crippen molar-refractivity contribution >= 4 is 49.2 Å². The molecule has 0 bridgehead atoms. The summed E-state index contributed by atoms with van der Waals surface area (Å²) >= 11 is 1.37. The van der Waals surface area contributed by atoms with Crippen LogP contribution in [-0.4, -0.2) is 27.4 Å². The van der Waals surface area contributed by atoms with E-state index in [0.717, 1.165) is 10.2 Å². The number of rotatable bonds is 5. The van der Waals surface area contributed by atoms with Gasteiger partial charge >= 0.3 is 0 Å². The normalized spacial score (nSPS) is 10.8. The van der Waals surface area contributed by atoms with Crippen molar-refractivity contribution < 1.29 is 14.5 Å². The molecule has 0 atom stereocenters. The molecule has 0 saturated carbocycles. The molecule has 0 aliphatic heterocycles. The third-order valence-electron chi connectivity index (χ3n) is 3.81. The van der Waals surface area contributed by atoms with Crippen LogP contribution < -0.4 is 10.1 Å². The number of non-ortho nitro benzene ring substituents is 1. The molecule has 2 aromatic carbocycles. The van der Waals surface area contributed by atoms with E-state index in [4.69, 9.17) is 4.74 Å². The van der Waals surface area contributed by atoms with Crippen LogP contribution in [0.2, 0.25) is 0 Å². The smallest absolute Gasteiger partial charge is 0.279 e. The van der Waals surface area contributed by atoms with Gasteiger partial charge in [0.05, 0.1) is 20.5 Å². The monoisotopic (exact) mass is 380 g/mol. The average Bonchev–Trinajstić information content (AvgIpc) is 3.08. The van der Waals surface area contributed by atoms with Gasteiger partial charge in [0.15, 0.2) is 11.7 Å². The highest BCUT2D eigenvalue weighted by Gasteiger charge is 2.16. The van der Waals surface area contributed by atoms with E-state index in [0.29, 0.717) is 21.8 Å². The summed E-state index contributed by atoms with van der Waals surface area (Å²) in [4.78, 5) is 31.3. The Morgan fingerprint density at radius 2 is 2.04 bits per heavy atom. The molecule has 0 saturated heterocycles. The maximum atomic E-state index is 12.2. The summed E-state index contributed by atoms with van der Waals surface area (Å²) < 4.78 is 6.51. The number of ether oxygens (including phenoxy) is 1. The number of amides is 1. The fourth-order valence-corrected chi connectivity index (χ4v) is 3.51. The number of nitro groups is 1. The second-order valence-corrected chi connectivity index (χ2v) is 6.59. The summed E-state index contributed by atoms with van der Waals surface area (Å²) in [6.45, 7) is -0.264. The number of nitrogens with one attached hydrogen (secondary N) is 1. The Labute approximate surface area is 156 Å². The van der Waals surface area contributed by atoms with E-state index in [-0.39, 0.29) is 18.2 Å². The number of hydrogen-bond donors (Lipinski definition) is 1. The largest absolute Gasteiger partial charge is 0.481 e. The number of carbonyl (C=O) groups excluding carboxylic acids is 1. The number of fused-ring (bicyclic) bond motifs is 2. The number of thiazole rings is 1. The Hall–Kier alpha value is -3.59. The molecule has 27 heavy (non-hydrogen) atoms. The number of para-hydroxylation sites is 1. The Balaban J connectivity index is 1.50. The molecule has 4 aromatic rings. The number of nitro benzene ring substituents is 1. The van der Waals surface area contributed by atoms with Gasteiger partial charge in [-0.25, -0.2) is 4.98 Å². The number of anilines is 1. The lowest BCUT2D eigenvalue weighted by Gasteiger charge is -2.08. The standard InChI is InChI=1S/C18H12N4O4S/c23-16(21-18-20-12-5-1-2-6-15(12)27-18)10-26-14-8-7-13(22(24)25)11-4-3-9-19-17(11)14/h1-9H,10H2,(H,20,21,23). The van der Waals surface area contributed by atoms with Crippen molar-refractivity contribution in [3.05, 3.63) is 64.8 Å². The molecule has 1 N–H and O–H groups in total. The molecule has 0 fully saturated rings. The molecule has 0 aliphatic carbocycles. The number of carbonyl (C=O) groups is 1. The van der Waals surface area contributed by atoms with Gasteiger partial charge in [-0.3, -0.25) is 25.2 Å². The number of benzene rings is 2. The van der Waals surface area contributed by atoms with Gasteiger partial charge in [0.1, 0.15) is 11.3 Å². The van der Waals surface area contributed by atoms with Crippen LogP contribution in [0.15, 0.2) is 54.7 Å². The maximum Gasteiger partial charge on any atom is 0.279 e. The van der Waals surface area contributed by atoms with Gasteiger partial charge in [0.2, 0.25) is 0 Å². The van der Waals surface area contributed by atoms with E-state index >= 15 is 0 Å². The predicted octanol–water partition coefficient (Wildman–Crippen LogP) is 3.77. The molecule has 0 unspecified atom stereocenters. The highest BCUT2D eigenvalue weighted by molar-refractivity contribution is 7.22. The molecular formula is C18H12N4O4S. The zero-order valence-corrected chi connectivity index (χ0v) is 14.6. The second-order valence-electron chi connectivity index (χ2n) is 5.56. The first-order valence-corrected chi connectivity index (χ1v) is 8.74. The van der Waals surface area contributed by atoms with Crippen molar-refractivity contribution in [3.8, 4) is 5.75 Å². The van der Waals surface area contributed by atoms with Crippen molar-refractivity contribution in [3.63, 3.8) is 0 Å². The van der Waals surface area contributed by atoms with Crippen molar-refractivity contribution in [1.82, 2.24) is 9.97 Å². The maximum absolute atomic E-state index is 12.2.